The van der Waals surface area contributed by atoms with E-state index in [0.29, 0.717) is 12.1 Å². The monoisotopic (exact) mass is 414 g/mol. The van der Waals surface area contributed by atoms with Gasteiger partial charge in [-0.1, -0.05) is 25.1 Å². The SMILES string of the molecule is CCN1CCCC1CNC(=NCC(=O)N(C)C)NC1CCN(c2ccccc2)CC1. The minimum atomic E-state index is 0.0195. The molecule has 30 heavy (non-hydrogen) atoms. The van der Waals surface area contributed by atoms with E-state index in [0.717, 1.165) is 45.0 Å². The number of guanidine groups is 1. The van der Waals surface area contributed by atoms with Crippen molar-refractivity contribution in [3.8, 4) is 0 Å². The quantitative estimate of drug-likeness (QED) is 0.526. The first-order valence-corrected chi connectivity index (χ1v) is 11.4. The van der Waals surface area contributed by atoms with Gasteiger partial charge in [-0.15, -0.1) is 0 Å². The van der Waals surface area contributed by atoms with Crippen molar-refractivity contribution >= 4 is 17.6 Å². The van der Waals surface area contributed by atoms with E-state index in [4.69, 9.17) is 0 Å². The van der Waals surface area contributed by atoms with Gasteiger partial charge < -0.3 is 20.4 Å². The average molecular weight is 415 g/mol. The van der Waals surface area contributed by atoms with Crippen molar-refractivity contribution in [3.63, 3.8) is 0 Å². The molecule has 2 fully saturated rings. The van der Waals surface area contributed by atoms with E-state index in [1.807, 2.05) is 0 Å². The van der Waals surface area contributed by atoms with Crippen molar-refractivity contribution < 1.29 is 4.79 Å². The van der Waals surface area contributed by atoms with Gasteiger partial charge in [-0.2, -0.15) is 0 Å². The van der Waals surface area contributed by atoms with Crippen LogP contribution in [0.4, 0.5) is 5.69 Å². The fourth-order valence-electron chi connectivity index (χ4n) is 4.31. The van der Waals surface area contributed by atoms with Crippen LogP contribution in [0.3, 0.4) is 0 Å². The predicted octanol–water partition coefficient (Wildman–Crippen LogP) is 1.76. The van der Waals surface area contributed by atoms with Crippen molar-refractivity contribution in [1.29, 1.82) is 0 Å². The van der Waals surface area contributed by atoms with E-state index >= 15 is 0 Å². The number of nitrogens with zero attached hydrogens (tertiary/aromatic N) is 4. The zero-order chi connectivity index (χ0) is 21.3. The Balaban J connectivity index is 1.55. The molecule has 2 saturated heterocycles. The second-order valence-electron chi connectivity index (χ2n) is 8.50. The minimum Gasteiger partial charge on any atom is -0.371 e. The normalized spacial score (nSPS) is 21.0. The molecule has 166 valence electrons. The number of nitrogens with one attached hydrogen (secondary N) is 2. The molecule has 7 heteroatoms. The second-order valence-corrected chi connectivity index (χ2v) is 8.50. The zero-order valence-corrected chi connectivity index (χ0v) is 18.8. The first-order chi connectivity index (χ1) is 14.6. The minimum absolute atomic E-state index is 0.0195. The molecule has 0 radical (unpaired) electrons. The lowest BCUT2D eigenvalue weighted by Crippen LogP contribution is -2.51. The van der Waals surface area contributed by atoms with E-state index in [2.05, 4.69) is 62.7 Å². The van der Waals surface area contributed by atoms with Crippen LogP contribution in [0, 0.1) is 0 Å². The highest BCUT2D eigenvalue weighted by atomic mass is 16.2. The Kier molecular flexibility index (Phi) is 8.37. The first kappa shape index (κ1) is 22.4. The third kappa shape index (κ3) is 6.36. The highest BCUT2D eigenvalue weighted by Crippen LogP contribution is 2.19. The summed E-state index contributed by atoms with van der Waals surface area (Å²) in [6, 6.07) is 11.5. The molecule has 3 rings (SSSR count). The van der Waals surface area contributed by atoms with Crippen LogP contribution in [-0.4, -0.2) is 87.1 Å². The Morgan fingerprint density at radius 2 is 1.87 bits per heavy atom. The molecule has 0 aromatic heterocycles. The molecule has 7 nitrogen and oxygen atoms in total. The summed E-state index contributed by atoms with van der Waals surface area (Å²) in [5.41, 5.74) is 1.29. The third-order valence-electron chi connectivity index (χ3n) is 6.24. The summed E-state index contributed by atoms with van der Waals surface area (Å²) in [6.45, 7) is 7.59. The van der Waals surface area contributed by atoms with E-state index in [-0.39, 0.29) is 12.5 Å². The maximum atomic E-state index is 12.0. The molecule has 2 aliphatic rings. The summed E-state index contributed by atoms with van der Waals surface area (Å²) in [4.78, 5) is 23.2. The van der Waals surface area contributed by atoms with Crippen LogP contribution in [0.2, 0.25) is 0 Å². The molecule has 2 N–H and O–H groups in total. The van der Waals surface area contributed by atoms with Gasteiger partial charge in [0.2, 0.25) is 5.91 Å². The second kappa shape index (κ2) is 11.2. The van der Waals surface area contributed by atoms with Gasteiger partial charge in [0.1, 0.15) is 6.54 Å². The van der Waals surface area contributed by atoms with Crippen LogP contribution >= 0.6 is 0 Å². The summed E-state index contributed by atoms with van der Waals surface area (Å²) >= 11 is 0. The van der Waals surface area contributed by atoms with Crippen molar-refractivity contribution in [2.45, 2.75) is 44.7 Å². The molecule has 0 saturated carbocycles. The molecule has 2 aliphatic heterocycles. The van der Waals surface area contributed by atoms with Crippen LogP contribution in [0.25, 0.3) is 0 Å². The fourth-order valence-corrected chi connectivity index (χ4v) is 4.31. The number of likely N-dealkylation sites (N-methyl/N-ethyl adjacent to an activating group) is 2. The molecule has 1 unspecified atom stereocenters. The lowest BCUT2D eigenvalue weighted by molar-refractivity contribution is -0.127. The topological polar surface area (TPSA) is 63.2 Å². The number of anilines is 1. The predicted molar refractivity (Wildman–Crippen MR) is 124 cm³/mol. The molecular weight excluding hydrogens is 376 g/mol. The molecule has 0 bridgehead atoms. The summed E-state index contributed by atoms with van der Waals surface area (Å²) in [5.74, 6) is 0.789. The van der Waals surface area contributed by atoms with Crippen molar-refractivity contribution in [2.24, 2.45) is 4.99 Å². The Labute approximate surface area is 181 Å². The van der Waals surface area contributed by atoms with Gasteiger partial charge in [0, 0.05) is 51.5 Å². The number of hydrogen-bond acceptors (Lipinski definition) is 4. The van der Waals surface area contributed by atoms with Crippen LogP contribution in [0.15, 0.2) is 35.3 Å². The largest absolute Gasteiger partial charge is 0.371 e. The third-order valence-corrected chi connectivity index (χ3v) is 6.24. The number of likely N-dealkylation sites (tertiary alicyclic amines) is 1. The van der Waals surface area contributed by atoms with Gasteiger partial charge in [0.25, 0.3) is 0 Å². The molecule has 1 aromatic carbocycles. The van der Waals surface area contributed by atoms with E-state index < -0.39 is 0 Å². The highest BCUT2D eigenvalue weighted by Gasteiger charge is 2.24. The summed E-state index contributed by atoms with van der Waals surface area (Å²) < 4.78 is 0. The smallest absolute Gasteiger partial charge is 0.243 e. The number of rotatable bonds is 7. The standard InChI is InChI=1S/C23H38N6O/c1-4-28-14-8-11-21(28)17-24-23(25-18-22(30)27(2)3)26-19-12-15-29(16-13-19)20-9-6-5-7-10-20/h5-7,9-10,19,21H,4,8,11-18H2,1-3H3,(H2,24,25,26). The number of amides is 1. The number of benzene rings is 1. The van der Waals surface area contributed by atoms with E-state index in [9.17, 15) is 4.79 Å². The van der Waals surface area contributed by atoms with E-state index in [1.165, 1.54) is 25.1 Å². The Morgan fingerprint density at radius 1 is 1.13 bits per heavy atom. The lowest BCUT2D eigenvalue weighted by atomic mass is 10.0. The van der Waals surface area contributed by atoms with Gasteiger partial charge in [-0.25, -0.2) is 4.99 Å². The number of carbonyl (C=O) groups excluding carboxylic acids is 1. The Hall–Kier alpha value is -2.28. The number of para-hydroxylation sites is 1. The molecule has 0 aliphatic carbocycles. The number of carbonyl (C=O) groups is 1. The average Bonchev–Trinajstić information content (AvgIpc) is 3.24. The fraction of sp³-hybridized carbons (Fsp3) is 0.652. The van der Waals surface area contributed by atoms with Crippen LogP contribution in [0.5, 0.6) is 0 Å². The molecular formula is C23H38N6O. The van der Waals surface area contributed by atoms with Crippen LogP contribution < -0.4 is 15.5 Å². The highest BCUT2D eigenvalue weighted by molar-refractivity contribution is 5.85. The van der Waals surface area contributed by atoms with Gasteiger partial charge >= 0.3 is 0 Å². The Bertz CT molecular complexity index is 684. The van der Waals surface area contributed by atoms with Gasteiger partial charge in [-0.3, -0.25) is 9.69 Å². The zero-order valence-electron chi connectivity index (χ0n) is 18.8. The number of hydrogen-bond donors (Lipinski definition) is 2. The molecule has 2 heterocycles. The maximum Gasteiger partial charge on any atom is 0.243 e. The van der Waals surface area contributed by atoms with Gasteiger partial charge in [0.15, 0.2) is 5.96 Å². The Morgan fingerprint density at radius 3 is 2.53 bits per heavy atom. The van der Waals surface area contributed by atoms with Crippen LogP contribution in [0.1, 0.15) is 32.6 Å². The van der Waals surface area contributed by atoms with Crippen LogP contribution in [-0.2, 0) is 4.79 Å². The molecule has 1 amide bonds. The van der Waals surface area contributed by atoms with E-state index in [1.54, 1.807) is 19.0 Å². The summed E-state index contributed by atoms with van der Waals surface area (Å²) in [5, 5.41) is 7.13. The summed E-state index contributed by atoms with van der Waals surface area (Å²) in [7, 11) is 3.55. The number of aliphatic imine (C=N–C) groups is 1. The summed E-state index contributed by atoms with van der Waals surface area (Å²) in [6.07, 6.45) is 4.60. The molecule has 1 aromatic rings. The van der Waals surface area contributed by atoms with Crippen molar-refractivity contribution in [2.75, 3.05) is 58.3 Å². The number of piperidine rings is 1. The first-order valence-electron chi connectivity index (χ1n) is 11.4. The van der Waals surface area contributed by atoms with Gasteiger partial charge in [0.05, 0.1) is 0 Å². The van der Waals surface area contributed by atoms with Crippen molar-refractivity contribution in [1.82, 2.24) is 20.4 Å². The molecule has 0 spiro atoms. The van der Waals surface area contributed by atoms with Crippen molar-refractivity contribution in [3.05, 3.63) is 30.3 Å². The maximum absolute atomic E-state index is 12.0. The lowest BCUT2D eigenvalue weighted by Gasteiger charge is -2.35. The van der Waals surface area contributed by atoms with Gasteiger partial charge in [-0.05, 0) is 50.9 Å². The molecule has 1 atom stereocenters.